The summed E-state index contributed by atoms with van der Waals surface area (Å²) >= 11 is 0. The van der Waals surface area contributed by atoms with Crippen LogP contribution in [0.1, 0.15) is 37.0 Å². The Morgan fingerprint density at radius 1 is 1.33 bits per heavy atom. The highest BCUT2D eigenvalue weighted by Gasteiger charge is 2.15. The fraction of sp³-hybridized carbons (Fsp3) is 0.571. The molecule has 82 valence electrons. The van der Waals surface area contributed by atoms with Gasteiger partial charge in [0.15, 0.2) is 0 Å². The van der Waals surface area contributed by atoms with Gasteiger partial charge in [-0.25, -0.2) is 0 Å². The first kappa shape index (κ1) is 10.5. The summed E-state index contributed by atoms with van der Waals surface area (Å²) in [6.45, 7) is 7.67. The molecule has 0 N–H and O–H groups in total. The van der Waals surface area contributed by atoms with E-state index < -0.39 is 0 Å². The topological polar surface area (TPSA) is 9.23 Å². The van der Waals surface area contributed by atoms with Crippen LogP contribution in [0.5, 0.6) is 5.75 Å². The van der Waals surface area contributed by atoms with Gasteiger partial charge >= 0.3 is 0 Å². The zero-order valence-corrected chi connectivity index (χ0v) is 9.97. The third kappa shape index (κ3) is 2.17. The van der Waals surface area contributed by atoms with Crippen molar-refractivity contribution in [2.45, 2.75) is 40.0 Å². The summed E-state index contributed by atoms with van der Waals surface area (Å²) in [5, 5.41) is 0. The molecule has 0 unspecified atom stereocenters. The summed E-state index contributed by atoms with van der Waals surface area (Å²) in [4.78, 5) is 0. The summed E-state index contributed by atoms with van der Waals surface area (Å²) < 4.78 is 5.66. The number of benzene rings is 1. The van der Waals surface area contributed by atoms with Crippen LogP contribution in [0.3, 0.4) is 0 Å². The molecular formula is C14H20O. The van der Waals surface area contributed by atoms with E-state index >= 15 is 0 Å². The van der Waals surface area contributed by atoms with E-state index in [0.717, 1.165) is 18.3 Å². The number of rotatable bonds is 2. The lowest BCUT2D eigenvalue weighted by Gasteiger charge is -2.21. The lowest BCUT2D eigenvalue weighted by Crippen LogP contribution is -2.11. The molecule has 0 amide bonds. The standard InChI is InChI=1S/C14H20O/c1-10(2)9-12-6-7-14-13(11(12)3)5-4-8-15-14/h6-7,10H,4-5,8-9H2,1-3H3. The molecule has 0 aliphatic carbocycles. The quantitative estimate of drug-likeness (QED) is 0.716. The van der Waals surface area contributed by atoms with Crippen LogP contribution >= 0.6 is 0 Å². The Bertz CT molecular complexity index is 353. The van der Waals surface area contributed by atoms with E-state index in [-0.39, 0.29) is 0 Å². The molecule has 1 nitrogen and oxygen atoms in total. The van der Waals surface area contributed by atoms with E-state index in [0.29, 0.717) is 0 Å². The van der Waals surface area contributed by atoms with Crippen molar-refractivity contribution in [3.63, 3.8) is 0 Å². The molecule has 0 bridgehead atoms. The number of hydrogen-bond acceptors (Lipinski definition) is 1. The average molecular weight is 204 g/mol. The van der Waals surface area contributed by atoms with Gasteiger partial charge in [0.25, 0.3) is 0 Å². The first-order chi connectivity index (χ1) is 7.18. The van der Waals surface area contributed by atoms with Crippen LogP contribution in [-0.4, -0.2) is 6.61 Å². The zero-order chi connectivity index (χ0) is 10.8. The van der Waals surface area contributed by atoms with Crippen molar-refractivity contribution in [3.05, 3.63) is 28.8 Å². The first-order valence-electron chi connectivity index (χ1n) is 5.92. The van der Waals surface area contributed by atoms with E-state index in [2.05, 4.69) is 32.9 Å². The lowest BCUT2D eigenvalue weighted by molar-refractivity contribution is 0.287. The van der Waals surface area contributed by atoms with Gasteiger partial charge in [-0.05, 0) is 54.9 Å². The minimum Gasteiger partial charge on any atom is -0.493 e. The van der Waals surface area contributed by atoms with Gasteiger partial charge in [-0.15, -0.1) is 0 Å². The summed E-state index contributed by atoms with van der Waals surface area (Å²) in [7, 11) is 0. The van der Waals surface area contributed by atoms with Crippen LogP contribution in [0.25, 0.3) is 0 Å². The molecule has 0 spiro atoms. The predicted molar refractivity (Wildman–Crippen MR) is 63.5 cm³/mol. The van der Waals surface area contributed by atoms with Crippen molar-refractivity contribution in [2.24, 2.45) is 5.92 Å². The van der Waals surface area contributed by atoms with Gasteiger partial charge in [-0.2, -0.15) is 0 Å². The maximum Gasteiger partial charge on any atom is 0.122 e. The van der Waals surface area contributed by atoms with Crippen molar-refractivity contribution in [1.82, 2.24) is 0 Å². The highest BCUT2D eigenvalue weighted by molar-refractivity contribution is 5.45. The smallest absolute Gasteiger partial charge is 0.122 e. The second-order valence-electron chi connectivity index (χ2n) is 4.88. The Morgan fingerprint density at radius 3 is 2.87 bits per heavy atom. The molecule has 1 aromatic carbocycles. The molecule has 1 aliphatic heterocycles. The van der Waals surface area contributed by atoms with Crippen LogP contribution in [0.4, 0.5) is 0 Å². The molecule has 15 heavy (non-hydrogen) atoms. The third-order valence-corrected chi connectivity index (χ3v) is 3.12. The van der Waals surface area contributed by atoms with Crippen molar-refractivity contribution in [3.8, 4) is 5.75 Å². The molecule has 1 aromatic rings. The number of ether oxygens (including phenoxy) is 1. The van der Waals surface area contributed by atoms with Crippen LogP contribution in [0, 0.1) is 12.8 Å². The minimum absolute atomic E-state index is 0.728. The van der Waals surface area contributed by atoms with Crippen LogP contribution in [0.15, 0.2) is 12.1 Å². The minimum atomic E-state index is 0.728. The summed E-state index contributed by atoms with van der Waals surface area (Å²) in [6, 6.07) is 4.39. The predicted octanol–water partition coefficient (Wildman–Crippen LogP) is 3.52. The molecule has 0 aromatic heterocycles. The molecule has 0 atom stereocenters. The molecule has 1 heterocycles. The van der Waals surface area contributed by atoms with E-state index in [4.69, 9.17) is 4.74 Å². The van der Waals surface area contributed by atoms with Crippen molar-refractivity contribution >= 4 is 0 Å². The Balaban J connectivity index is 2.34. The molecule has 0 fully saturated rings. The Labute approximate surface area is 92.5 Å². The Kier molecular flexibility index (Phi) is 2.99. The Hall–Kier alpha value is -0.980. The largest absolute Gasteiger partial charge is 0.493 e. The molecule has 1 heteroatoms. The Morgan fingerprint density at radius 2 is 2.13 bits per heavy atom. The van der Waals surface area contributed by atoms with Gasteiger partial charge in [0.05, 0.1) is 6.61 Å². The van der Waals surface area contributed by atoms with Crippen LogP contribution in [-0.2, 0) is 12.8 Å². The molecular weight excluding hydrogens is 184 g/mol. The average Bonchev–Trinajstić information content (AvgIpc) is 2.22. The monoisotopic (exact) mass is 204 g/mol. The van der Waals surface area contributed by atoms with Gasteiger partial charge in [0.2, 0.25) is 0 Å². The summed E-state index contributed by atoms with van der Waals surface area (Å²) in [5.74, 6) is 1.84. The van der Waals surface area contributed by atoms with Crippen molar-refractivity contribution in [1.29, 1.82) is 0 Å². The number of hydrogen-bond donors (Lipinski definition) is 0. The molecule has 2 rings (SSSR count). The van der Waals surface area contributed by atoms with Gasteiger partial charge in [0.1, 0.15) is 5.75 Å². The highest BCUT2D eigenvalue weighted by Crippen LogP contribution is 2.30. The molecule has 0 saturated carbocycles. The van der Waals surface area contributed by atoms with E-state index in [9.17, 15) is 0 Å². The van der Waals surface area contributed by atoms with Gasteiger partial charge in [0, 0.05) is 0 Å². The number of fused-ring (bicyclic) bond motifs is 1. The summed E-state index contributed by atoms with van der Waals surface area (Å²) in [6.07, 6.45) is 3.53. The first-order valence-corrected chi connectivity index (χ1v) is 5.92. The summed E-state index contributed by atoms with van der Waals surface area (Å²) in [5.41, 5.74) is 4.40. The van der Waals surface area contributed by atoms with Crippen molar-refractivity contribution < 1.29 is 4.74 Å². The van der Waals surface area contributed by atoms with Crippen LogP contribution in [0.2, 0.25) is 0 Å². The van der Waals surface area contributed by atoms with E-state index in [1.807, 2.05) is 0 Å². The fourth-order valence-electron chi connectivity index (χ4n) is 2.32. The lowest BCUT2D eigenvalue weighted by atomic mass is 9.92. The highest BCUT2D eigenvalue weighted by atomic mass is 16.5. The molecule has 0 saturated heterocycles. The maximum atomic E-state index is 5.66. The molecule has 1 aliphatic rings. The van der Waals surface area contributed by atoms with Crippen LogP contribution < -0.4 is 4.74 Å². The SMILES string of the molecule is Cc1c(CC(C)C)ccc2c1CCCO2. The van der Waals surface area contributed by atoms with Gasteiger partial charge in [-0.1, -0.05) is 19.9 Å². The second-order valence-corrected chi connectivity index (χ2v) is 4.88. The third-order valence-electron chi connectivity index (χ3n) is 3.12. The molecule has 0 radical (unpaired) electrons. The maximum absolute atomic E-state index is 5.66. The van der Waals surface area contributed by atoms with E-state index in [1.165, 1.54) is 36.0 Å². The fourth-order valence-corrected chi connectivity index (χ4v) is 2.32. The van der Waals surface area contributed by atoms with E-state index in [1.54, 1.807) is 0 Å². The second kappa shape index (κ2) is 4.26. The zero-order valence-electron chi connectivity index (χ0n) is 9.97. The van der Waals surface area contributed by atoms with Gasteiger partial charge in [-0.3, -0.25) is 0 Å². The van der Waals surface area contributed by atoms with Crippen molar-refractivity contribution in [2.75, 3.05) is 6.61 Å². The normalized spacial score (nSPS) is 14.9. The van der Waals surface area contributed by atoms with Gasteiger partial charge < -0.3 is 4.74 Å².